The van der Waals surface area contributed by atoms with Crippen molar-refractivity contribution in [1.29, 1.82) is 0 Å². The van der Waals surface area contributed by atoms with Crippen molar-refractivity contribution in [2.75, 3.05) is 25.5 Å². The van der Waals surface area contributed by atoms with E-state index in [0.717, 1.165) is 27.7 Å². The lowest BCUT2D eigenvalue weighted by Gasteiger charge is -2.20. The lowest BCUT2D eigenvalue weighted by atomic mass is 10.1. The van der Waals surface area contributed by atoms with Crippen molar-refractivity contribution in [3.05, 3.63) is 59.2 Å². The first-order chi connectivity index (χ1) is 12.1. The van der Waals surface area contributed by atoms with E-state index in [1.54, 1.807) is 24.3 Å². The zero-order valence-electron chi connectivity index (χ0n) is 14.4. The number of hydrogen-bond acceptors (Lipinski definition) is 3. The average molecular weight is 384 g/mol. The van der Waals surface area contributed by atoms with Crippen LogP contribution in [0.25, 0.3) is 0 Å². The van der Waals surface area contributed by atoms with Gasteiger partial charge in [-0.05, 0) is 47.9 Å². The van der Waals surface area contributed by atoms with Crippen LogP contribution in [0.15, 0.2) is 47.4 Å². The molecule has 0 aliphatic carbocycles. The highest BCUT2D eigenvalue weighted by Crippen LogP contribution is 2.33. The third-order valence-electron chi connectivity index (χ3n) is 4.45. The first kappa shape index (κ1) is 18.7. The van der Waals surface area contributed by atoms with Crippen LogP contribution in [0.3, 0.4) is 0 Å². The summed E-state index contributed by atoms with van der Waals surface area (Å²) in [5.41, 5.74) is 1.65. The smallest absolute Gasteiger partial charge is 0.367 e. The Kier molecular flexibility index (Phi) is 4.74. The van der Waals surface area contributed by atoms with E-state index in [4.69, 9.17) is 0 Å². The summed E-state index contributed by atoms with van der Waals surface area (Å²) in [6, 6.07) is 10.2. The van der Waals surface area contributed by atoms with Crippen molar-refractivity contribution < 1.29 is 21.6 Å². The predicted molar refractivity (Wildman–Crippen MR) is 93.5 cm³/mol. The van der Waals surface area contributed by atoms with Gasteiger partial charge in [-0.1, -0.05) is 12.1 Å². The molecule has 0 radical (unpaired) electrons. The number of alkyl halides is 3. The van der Waals surface area contributed by atoms with Crippen LogP contribution < -0.4 is 4.90 Å². The van der Waals surface area contributed by atoms with E-state index in [1.165, 1.54) is 20.2 Å². The van der Waals surface area contributed by atoms with E-state index < -0.39 is 21.8 Å². The highest BCUT2D eigenvalue weighted by Gasteiger charge is 2.31. The van der Waals surface area contributed by atoms with Gasteiger partial charge in [0.25, 0.3) is 0 Å². The molecular formula is C18H19F3N2O2S. The summed E-state index contributed by atoms with van der Waals surface area (Å²) >= 11 is 0. The quantitative estimate of drug-likeness (QED) is 0.810. The Bertz CT molecular complexity index is 924. The summed E-state index contributed by atoms with van der Waals surface area (Å²) < 4.78 is 64.2. The van der Waals surface area contributed by atoms with Crippen LogP contribution >= 0.6 is 0 Å². The Labute approximate surface area is 150 Å². The van der Waals surface area contributed by atoms with Gasteiger partial charge in [-0.3, -0.25) is 0 Å². The molecule has 0 saturated heterocycles. The van der Waals surface area contributed by atoms with Crippen LogP contribution in [0.5, 0.6) is 0 Å². The molecule has 0 spiro atoms. The SMILES string of the molecule is CN(C)S(=O)(=O)c1ccc2c(c1)CCN2Cc1cccc(C(F)(F)F)c1. The van der Waals surface area contributed by atoms with Gasteiger partial charge >= 0.3 is 6.18 Å². The van der Waals surface area contributed by atoms with Crippen LogP contribution in [0.2, 0.25) is 0 Å². The monoisotopic (exact) mass is 384 g/mol. The van der Waals surface area contributed by atoms with Crippen molar-refractivity contribution in [3.8, 4) is 0 Å². The van der Waals surface area contributed by atoms with E-state index in [0.29, 0.717) is 25.1 Å². The largest absolute Gasteiger partial charge is 0.416 e. The Morgan fingerprint density at radius 1 is 1.12 bits per heavy atom. The van der Waals surface area contributed by atoms with Crippen LogP contribution in [0.4, 0.5) is 18.9 Å². The minimum atomic E-state index is -4.37. The van der Waals surface area contributed by atoms with Gasteiger partial charge < -0.3 is 4.90 Å². The molecule has 0 bridgehead atoms. The summed E-state index contributed by atoms with van der Waals surface area (Å²) in [4.78, 5) is 2.19. The number of rotatable bonds is 4. The summed E-state index contributed by atoms with van der Waals surface area (Å²) in [5.74, 6) is 0. The van der Waals surface area contributed by atoms with E-state index in [-0.39, 0.29) is 4.90 Å². The normalized spacial score (nSPS) is 14.8. The van der Waals surface area contributed by atoms with Gasteiger partial charge in [0, 0.05) is 32.9 Å². The van der Waals surface area contributed by atoms with Gasteiger partial charge in [0.05, 0.1) is 10.5 Å². The number of fused-ring (bicyclic) bond motifs is 1. The lowest BCUT2D eigenvalue weighted by molar-refractivity contribution is -0.137. The second-order valence-electron chi connectivity index (χ2n) is 6.45. The van der Waals surface area contributed by atoms with Crippen molar-refractivity contribution in [3.63, 3.8) is 0 Å². The second-order valence-corrected chi connectivity index (χ2v) is 8.60. The van der Waals surface area contributed by atoms with Crippen molar-refractivity contribution >= 4 is 15.7 Å². The molecule has 26 heavy (non-hydrogen) atoms. The maximum atomic E-state index is 12.9. The van der Waals surface area contributed by atoms with Gasteiger partial charge in [0.2, 0.25) is 10.0 Å². The standard InChI is InChI=1S/C18H19F3N2O2S/c1-22(2)26(24,25)16-6-7-17-14(11-16)8-9-23(17)12-13-4-3-5-15(10-13)18(19,20)21/h3-7,10-11H,8-9,12H2,1-2H3. The Morgan fingerprint density at radius 3 is 2.50 bits per heavy atom. The number of sulfonamides is 1. The van der Waals surface area contributed by atoms with Gasteiger partial charge in [-0.15, -0.1) is 0 Å². The molecule has 0 fully saturated rings. The molecule has 1 heterocycles. The number of nitrogens with zero attached hydrogens (tertiary/aromatic N) is 2. The number of halogens is 3. The van der Waals surface area contributed by atoms with Crippen LogP contribution in [0.1, 0.15) is 16.7 Å². The molecule has 4 nitrogen and oxygen atoms in total. The highest BCUT2D eigenvalue weighted by atomic mass is 32.2. The molecule has 8 heteroatoms. The lowest BCUT2D eigenvalue weighted by Crippen LogP contribution is -2.22. The summed E-state index contributed by atoms with van der Waals surface area (Å²) in [7, 11) is -0.558. The Balaban J connectivity index is 1.85. The minimum Gasteiger partial charge on any atom is -0.367 e. The minimum absolute atomic E-state index is 0.224. The van der Waals surface area contributed by atoms with Gasteiger partial charge in [-0.2, -0.15) is 13.2 Å². The molecule has 0 amide bonds. The third-order valence-corrected chi connectivity index (χ3v) is 6.26. The van der Waals surface area contributed by atoms with Gasteiger partial charge in [-0.25, -0.2) is 12.7 Å². The molecule has 0 saturated carbocycles. The van der Waals surface area contributed by atoms with Gasteiger partial charge in [0.1, 0.15) is 0 Å². The molecular weight excluding hydrogens is 365 g/mol. The van der Waals surface area contributed by atoms with Crippen LogP contribution in [-0.4, -0.2) is 33.4 Å². The number of anilines is 1. The summed E-state index contributed by atoms with van der Waals surface area (Å²) in [5, 5.41) is 0. The summed E-state index contributed by atoms with van der Waals surface area (Å²) in [6.45, 7) is 0.980. The molecule has 140 valence electrons. The average Bonchev–Trinajstić information content (AvgIpc) is 2.96. The maximum Gasteiger partial charge on any atom is 0.416 e. The van der Waals surface area contributed by atoms with Crippen molar-refractivity contribution in [1.82, 2.24) is 4.31 Å². The molecule has 2 aromatic carbocycles. The molecule has 1 aliphatic rings. The number of benzene rings is 2. The predicted octanol–water partition coefficient (Wildman–Crippen LogP) is 3.52. The first-order valence-corrected chi connectivity index (χ1v) is 9.49. The van der Waals surface area contributed by atoms with Crippen molar-refractivity contribution in [2.45, 2.75) is 24.0 Å². The zero-order chi connectivity index (χ0) is 19.1. The third kappa shape index (κ3) is 3.57. The first-order valence-electron chi connectivity index (χ1n) is 8.05. The fourth-order valence-electron chi connectivity index (χ4n) is 3.05. The molecule has 0 aromatic heterocycles. The maximum absolute atomic E-state index is 12.9. The van der Waals surface area contributed by atoms with E-state index in [1.807, 2.05) is 4.90 Å². The van der Waals surface area contributed by atoms with Crippen LogP contribution in [-0.2, 0) is 29.2 Å². The highest BCUT2D eigenvalue weighted by molar-refractivity contribution is 7.89. The molecule has 2 aromatic rings. The van der Waals surface area contributed by atoms with E-state index >= 15 is 0 Å². The van der Waals surface area contributed by atoms with Gasteiger partial charge in [0.15, 0.2) is 0 Å². The molecule has 3 rings (SSSR count). The molecule has 1 aliphatic heterocycles. The Hall–Kier alpha value is -2.06. The number of hydrogen-bond donors (Lipinski definition) is 0. The van der Waals surface area contributed by atoms with Crippen LogP contribution in [0, 0.1) is 0 Å². The van der Waals surface area contributed by atoms with E-state index in [9.17, 15) is 21.6 Å². The summed E-state index contributed by atoms with van der Waals surface area (Å²) in [6.07, 6.45) is -3.71. The molecule has 0 unspecified atom stereocenters. The topological polar surface area (TPSA) is 40.6 Å². The zero-order valence-corrected chi connectivity index (χ0v) is 15.2. The van der Waals surface area contributed by atoms with E-state index in [2.05, 4.69) is 0 Å². The fourth-order valence-corrected chi connectivity index (χ4v) is 4.00. The molecule has 0 atom stereocenters. The van der Waals surface area contributed by atoms with Crippen molar-refractivity contribution in [2.24, 2.45) is 0 Å². The Morgan fingerprint density at radius 2 is 1.85 bits per heavy atom. The fraction of sp³-hybridized carbons (Fsp3) is 0.333. The molecule has 0 N–H and O–H groups in total. The second kappa shape index (κ2) is 6.59.